The second-order valence-corrected chi connectivity index (χ2v) is 5.55. The molecule has 0 bridgehead atoms. The number of hydrogen-bond acceptors (Lipinski definition) is 4. The number of methoxy groups -OCH3 is 1. The predicted molar refractivity (Wildman–Crippen MR) is 90.8 cm³/mol. The minimum atomic E-state index is -0.253. The van der Waals surface area contributed by atoms with E-state index >= 15 is 0 Å². The van der Waals surface area contributed by atoms with Crippen LogP contribution in [0.15, 0.2) is 29.3 Å². The van der Waals surface area contributed by atoms with Crippen molar-refractivity contribution in [3.63, 3.8) is 0 Å². The van der Waals surface area contributed by atoms with E-state index in [2.05, 4.69) is 15.2 Å². The third-order valence-corrected chi connectivity index (χ3v) is 3.66. The highest BCUT2D eigenvalue weighted by Crippen LogP contribution is 2.15. The van der Waals surface area contributed by atoms with Gasteiger partial charge < -0.3 is 24.8 Å². The van der Waals surface area contributed by atoms with E-state index in [1.807, 2.05) is 31.2 Å². The van der Waals surface area contributed by atoms with E-state index in [0.717, 1.165) is 36.8 Å². The zero-order valence-electron chi connectivity index (χ0n) is 14.0. The van der Waals surface area contributed by atoms with Gasteiger partial charge in [0.1, 0.15) is 12.4 Å². The Hall–Kier alpha value is -1.79. The van der Waals surface area contributed by atoms with Crippen LogP contribution < -0.4 is 10.1 Å². The van der Waals surface area contributed by atoms with Gasteiger partial charge in [0.2, 0.25) is 0 Å². The fraction of sp³-hybridized carbons (Fsp3) is 0.588. The summed E-state index contributed by atoms with van der Waals surface area (Å²) in [5.74, 6) is 1.69. The summed E-state index contributed by atoms with van der Waals surface area (Å²) in [7, 11) is 1.66. The number of ether oxygens (including phenoxy) is 2. The van der Waals surface area contributed by atoms with Crippen molar-refractivity contribution in [2.24, 2.45) is 4.99 Å². The van der Waals surface area contributed by atoms with Crippen molar-refractivity contribution in [3.05, 3.63) is 29.8 Å². The Labute approximate surface area is 138 Å². The van der Waals surface area contributed by atoms with Crippen molar-refractivity contribution >= 4 is 5.96 Å². The first-order chi connectivity index (χ1) is 11.2. The standard InChI is InChI=1S/C17H27N3O3/c1-3-18-17(20-8-7-15(21)13-20)19-12-14-5-4-6-16(11-14)23-10-9-22-2/h4-6,11,15,21H,3,7-10,12-13H2,1-2H3,(H,18,19)/t15-/m1/s1. The van der Waals surface area contributed by atoms with E-state index in [9.17, 15) is 5.11 Å². The second-order valence-electron chi connectivity index (χ2n) is 5.55. The molecule has 6 nitrogen and oxygen atoms in total. The van der Waals surface area contributed by atoms with Gasteiger partial charge in [0, 0.05) is 26.7 Å². The van der Waals surface area contributed by atoms with E-state index in [1.165, 1.54) is 0 Å². The van der Waals surface area contributed by atoms with Crippen molar-refractivity contribution < 1.29 is 14.6 Å². The van der Waals surface area contributed by atoms with E-state index in [-0.39, 0.29) is 6.10 Å². The number of likely N-dealkylation sites (tertiary alicyclic amines) is 1. The van der Waals surface area contributed by atoms with Gasteiger partial charge in [0.05, 0.1) is 19.3 Å². The number of guanidine groups is 1. The SMILES string of the molecule is CCNC(=NCc1cccc(OCCOC)c1)N1CC[C@@H](O)C1. The summed E-state index contributed by atoms with van der Waals surface area (Å²) in [6, 6.07) is 7.95. The number of benzene rings is 1. The van der Waals surface area contributed by atoms with Crippen LogP contribution in [-0.4, -0.2) is 62.0 Å². The molecule has 1 aromatic carbocycles. The predicted octanol–water partition coefficient (Wildman–Crippen LogP) is 1.24. The van der Waals surface area contributed by atoms with Crippen molar-refractivity contribution in [1.29, 1.82) is 0 Å². The molecule has 0 aliphatic carbocycles. The van der Waals surface area contributed by atoms with Gasteiger partial charge >= 0.3 is 0 Å². The lowest BCUT2D eigenvalue weighted by Crippen LogP contribution is -2.40. The van der Waals surface area contributed by atoms with Crippen LogP contribution in [0.5, 0.6) is 5.75 Å². The van der Waals surface area contributed by atoms with Crippen LogP contribution in [-0.2, 0) is 11.3 Å². The zero-order valence-corrected chi connectivity index (χ0v) is 14.0. The van der Waals surface area contributed by atoms with E-state index in [4.69, 9.17) is 9.47 Å². The molecule has 1 heterocycles. The van der Waals surface area contributed by atoms with Crippen LogP contribution in [0.1, 0.15) is 18.9 Å². The lowest BCUT2D eigenvalue weighted by Gasteiger charge is -2.21. The lowest BCUT2D eigenvalue weighted by molar-refractivity contribution is 0.146. The van der Waals surface area contributed by atoms with Crippen LogP contribution in [0.2, 0.25) is 0 Å². The van der Waals surface area contributed by atoms with Crippen molar-refractivity contribution in [1.82, 2.24) is 10.2 Å². The summed E-state index contributed by atoms with van der Waals surface area (Å²) in [6.45, 7) is 6.04. The van der Waals surface area contributed by atoms with Gasteiger partial charge in [-0.1, -0.05) is 12.1 Å². The average molecular weight is 321 g/mol. The highest BCUT2D eigenvalue weighted by molar-refractivity contribution is 5.80. The maximum absolute atomic E-state index is 9.69. The zero-order chi connectivity index (χ0) is 16.5. The summed E-state index contributed by atoms with van der Waals surface area (Å²) >= 11 is 0. The fourth-order valence-electron chi connectivity index (χ4n) is 2.50. The molecule has 0 amide bonds. The van der Waals surface area contributed by atoms with Gasteiger partial charge in [-0.05, 0) is 31.0 Å². The molecule has 0 unspecified atom stereocenters. The van der Waals surface area contributed by atoms with Gasteiger partial charge in [-0.25, -0.2) is 4.99 Å². The number of nitrogens with one attached hydrogen (secondary N) is 1. The summed E-state index contributed by atoms with van der Waals surface area (Å²) < 4.78 is 10.6. The summed E-state index contributed by atoms with van der Waals surface area (Å²) in [4.78, 5) is 6.78. The molecule has 6 heteroatoms. The van der Waals surface area contributed by atoms with Crippen molar-refractivity contribution in [3.8, 4) is 5.75 Å². The first-order valence-electron chi connectivity index (χ1n) is 8.15. The molecule has 0 saturated carbocycles. The minimum Gasteiger partial charge on any atom is -0.491 e. The quantitative estimate of drug-likeness (QED) is 0.449. The molecule has 1 fully saturated rings. The molecule has 0 spiro atoms. The monoisotopic (exact) mass is 321 g/mol. The maximum atomic E-state index is 9.69. The van der Waals surface area contributed by atoms with E-state index < -0.39 is 0 Å². The Morgan fingerprint density at radius 2 is 2.30 bits per heavy atom. The Balaban J connectivity index is 1.96. The third-order valence-electron chi connectivity index (χ3n) is 3.66. The van der Waals surface area contributed by atoms with Crippen molar-refractivity contribution in [2.45, 2.75) is 26.0 Å². The number of aliphatic imine (C=N–C) groups is 1. The molecule has 128 valence electrons. The molecule has 1 aliphatic rings. The molecule has 1 aromatic rings. The first kappa shape index (κ1) is 17.6. The molecule has 1 saturated heterocycles. The van der Waals surface area contributed by atoms with Crippen LogP contribution in [0.4, 0.5) is 0 Å². The molecular formula is C17H27N3O3. The van der Waals surface area contributed by atoms with Crippen LogP contribution in [0.25, 0.3) is 0 Å². The maximum Gasteiger partial charge on any atom is 0.194 e. The Morgan fingerprint density at radius 1 is 1.43 bits per heavy atom. The number of hydrogen-bond donors (Lipinski definition) is 2. The molecule has 2 rings (SSSR count). The largest absolute Gasteiger partial charge is 0.491 e. The molecule has 0 radical (unpaired) electrons. The molecule has 0 aromatic heterocycles. The fourth-order valence-corrected chi connectivity index (χ4v) is 2.50. The Kier molecular flexibility index (Phi) is 7.16. The molecular weight excluding hydrogens is 294 g/mol. The third kappa shape index (κ3) is 5.73. The highest BCUT2D eigenvalue weighted by Gasteiger charge is 2.22. The smallest absolute Gasteiger partial charge is 0.194 e. The summed E-state index contributed by atoms with van der Waals surface area (Å²) in [5, 5.41) is 13.0. The molecule has 1 aliphatic heterocycles. The van der Waals surface area contributed by atoms with Crippen LogP contribution in [0.3, 0.4) is 0 Å². The van der Waals surface area contributed by atoms with Crippen LogP contribution >= 0.6 is 0 Å². The van der Waals surface area contributed by atoms with Crippen LogP contribution in [0, 0.1) is 0 Å². The number of aliphatic hydroxyl groups excluding tert-OH is 1. The molecule has 23 heavy (non-hydrogen) atoms. The Morgan fingerprint density at radius 3 is 3.00 bits per heavy atom. The van der Waals surface area contributed by atoms with Crippen molar-refractivity contribution in [2.75, 3.05) is 40.0 Å². The Bertz CT molecular complexity index is 508. The highest BCUT2D eigenvalue weighted by atomic mass is 16.5. The minimum absolute atomic E-state index is 0.253. The normalized spacial score (nSPS) is 18.3. The number of rotatable bonds is 7. The number of β-amino-alcohol motifs (C(OH)–C–C–N with tert-alkyl or cyclic N) is 1. The average Bonchev–Trinajstić information content (AvgIpc) is 2.98. The lowest BCUT2D eigenvalue weighted by atomic mass is 10.2. The second kappa shape index (κ2) is 9.37. The summed E-state index contributed by atoms with van der Waals surface area (Å²) in [6.07, 6.45) is 0.545. The first-order valence-corrected chi connectivity index (χ1v) is 8.15. The number of aliphatic hydroxyl groups is 1. The van der Waals surface area contributed by atoms with Gasteiger partial charge in [0.25, 0.3) is 0 Å². The number of nitrogens with zero attached hydrogens (tertiary/aromatic N) is 2. The van der Waals surface area contributed by atoms with E-state index in [1.54, 1.807) is 7.11 Å². The van der Waals surface area contributed by atoms with Gasteiger partial charge in [-0.2, -0.15) is 0 Å². The summed E-state index contributed by atoms with van der Waals surface area (Å²) in [5.41, 5.74) is 1.09. The van der Waals surface area contributed by atoms with E-state index in [0.29, 0.717) is 26.3 Å². The molecule has 2 N–H and O–H groups in total. The van der Waals surface area contributed by atoms with Gasteiger partial charge in [-0.3, -0.25) is 0 Å². The van der Waals surface area contributed by atoms with Gasteiger partial charge in [0.15, 0.2) is 5.96 Å². The molecule has 1 atom stereocenters. The topological polar surface area (TPSA) is 66.3 Å². The van der Waals surface area contributed by atoms with Gasteiger partial charge in [-0.15, -0.1) is 0 Å².